The summed E-state index contributed by atoms with van der Waals surface area (Å²) in [5.74, 6) is 0.881. The van der Waals surface area contributed by atoms with Gasteiger partial charge in [0.1, 0.15) is 5.15 Å². The summed E-state index contributed by atoms with van der Waals surface area (Å²) in [5, 5.41) is 0.413. The van der Waals surface area contributed by atoms with Gasteiger partial charge in [0.25, 0.3) is 5.91 Å². The fraction of sp³-hybridized carbons (Fsp3) is 0.647. The molecular formula is C17H25ClN2O. The molecule has 4 heteroatoms. The minimum Gasteiger partial charge on any atom is -0.339 e. The summed E-state index contributed by atoms with van der Waals surface area (Å²) >= 11 is 6.03. The second-order valence-corrected chi connectivity index (χ2v) is 6.29. The monoisotopic (exact) mass is 308 g/mol. The van der Waals surface area contributed by atoms with E-state index < -0.39 is 0 Å². The Balaban J connectivity index is 2.07. The molecular weight excluding hydrogens is 284 g/mol. The highest BCUT2D eigenvalue weighted by atomic mass is 35.5. The molecule has 0 radical (unpaired) electrons. The van der Waals surface area contributed by atoms with Crippen LogP contribution in [0.2, 0.25) is 5.15 Å². The lowest BCUT2D eigenvalue weighted by atomic mass is 9.96. The summed E-state index contributed by atoms with van der Waals surface area (Å²) in [6.07, 6.45) is 6.78. The quantitative estimate of drug-likeness (QED) is 0.775. The van der Waals surface area contributed by atoms with E-state index in [0.29, 0.717) is 10.7 Å². The van der Waals surface area contributed by atoms with Gasteiger partial charge in [0.2, 0.25) is 0 Å². The number of aryl methyl sites for hydroxylation is 1. The molecule has 1 atom stereocenters. The third-order valence-corrected chi connectivity index (χ3v) is 4.48. The van der Waals surface area contributed by atoms with Gasteiger partial charge in [0.15, 0.2) is 0 Å². The number of likely N-dealkylation sites (tertiary alicyclic amines) is 1. The molecule has 0 spiro atoms. The van der Waals surface area contributed by atoms with Gasteiger partial charge in [0, 0.05) is 24.3 Å². The van der Waals surface area contributed by atoms with Gasteiger partial charge in [-0.3, -0.25) is 4.79 Å². The maximum absolute atomic E-state index is 12.7. The highest BCUT2D eigenvalue weighted by Gasteiger charge is 2.21. The summed E-state index contributed by atoms with van der Waals surface area (Å²) in [6.45, 7) is 5.98. The lowest BCUT2D eigenvalue weighted by Gasteiger charge is -2.21. The Bertz CT molecular complexity index is 490. The molecule has 0 aliphatic carbocycles. The first-order chi connectivity index (χ1) is 10.1. The van der Waals surface area contributed by atoms with Gasteiger partial charge >= 0.3 is 0 Å². The van der Waals surface area contributed by atoms with E-state index in [-0.39, 0.29) is 5.91 Å². The van der Waals surface area contributed by atoms with Crippen LogP contribution in [0, 0.1) is 5.92 Å². The third-order valence-electron chi connectivity index (χ3n) is 4.29. The third kappa shape index (κ3) is 4.44. The minimum atomic E-state index is 0.103. The van der Waals surface area contributed by atoms with Crippen LogP contribution in [-0.4, -0.2) is 28.9 Å². The van der Waals surface area contributed by atoms with Crippen molar-refractivity contribution in [1.82, 2.24) is 9.88 Å². The Morgan fingerprint density at radius 1 is 1.33 bits per heavy atom. The van der Waals surface area contributed by atoms with Crippen molar-refractivity contribution in [3.8, 4) is 0 Å². The van der Waals surface area contributed by atoms with Crippen LogP contribution in [0.3, 0.4) is 0 Å². The van der Waals surface area contributed by atoms with E-state index in [2.05, 4.69) is 11.9 Å². The van der Waals surface area contributed by atoms with E-state index in [4.69, 9.17) is 11.6 Å². The molecule has 0 aromatic carbocycles. The van der Waals surface area contributed by atoms with Gasteiger partial charge in [-0.25, -0.2) is 4.98 Å². The Labute approximate surface area is 132 Å². The SMILES string of the molecule is CCCC1CCCN(C(=O)c2cc(Cl)nc(CC)c2)CC1. The predicted octanol–water partition coefficient (Wildman–Crippen LogP) is 4.34. The predicted molar refractivity (Wildman–Crippen MR) is 86.8 cm³/mol. The number of hydrogen-bond acceptors (Lipinski definition) is 2. The van der Waals surface area contributed by atoms with Crippen molar-refractivity contribution in [2.75, 3.05) is 13.1 Å². The zero-order chi connectivity index (χ0) is 15.2. The second kappa shape index (κ2) is 7.79. The smallest absolute Gasteiger partial charge is 0.254 e. The first-order valence-electron chi connectivity index (χ1n) is 8.09. The van der Waals surface area contributed by atoms with Crippen molar-refractivity contribution in [3.63, 3.8) is 0 Å². The number of halogens is 1. The molecule has 1 saturated heterocycles. The zero-order valence-electron chi connectivity index (χ0n) is 13.1. The number of hydrogen-bond donors (Lipinski definition) is 0. The Hall–Kier alpha value is -1.09. The Morgan fingerprint density at radius 3 is 2.86 bits per heavy atom. The minimum absolute atomic E-state index is 0.103. The molecule has 21 heavy (non-hydrogen) atoms. The van der Waals surface area contributed by atoms with Crippen LogP contribution in [0.4, 0.5) is 0 Å². The summed E-state index contributed by atoms with van der Waals surface area (Å²) in [5.41, 5.74) is 1.56. The molecule has 3 nitrogen and oxygen atoms in total. The van der Waals surface area contributed by atoms with E-state index in [9.17, 15) is 4.79 Å². The second-order valence-electron chi connectivity index (χ2n) is 5.90. The van der Waals surface area contributed by atoms with Gasteiger partial charge in [-0.15, -0.1) is 0 Å². The van der Waals surface area contributed by atoms with Gasteiger partial charge in [-0.1, -0.05) is 38.3 Å². The van der Waals surface area contributed by atoms with Gasteiger partial charge in [0.05, 0.1) is 0 Å². The first-order valence-corrected chi connectivity index (χ1v) is 8.47. The lowest BCUT2D eigenvalue weighted by molar-refractivity contribution is 0.0759. The fourth-order valence-corrected chi connectivity index (χ4v) is 3.33. The van der Waals surface area contributed by atoms with Crippen LogP contribution in [0.5, 0.6) is 0 Å². The lowest BCUT2D eigenvalue weighted by Crippen LogP contribution is -2.32. The normalized spacial score (nSPS) is 19.4. The number of nitrogens with zero attached hydrogens (tertiary/aromatic N) is 2. The van der Waals surface area contributed by atoms with Crippen molar-refractivity contribution in [2.24, 2.45) is 5.92 Å². The number of carbonyl (C=O) groups is 1. The topological polar surface area (TPSA) is 33.2 Å². The number of rotatable bonds is 4. The van der Waals surface area contributed by atoms with E-state index >= 15 is 0 Å². The molecule has 1 aliphatic heterocycles. The Kier molecular flexibility index (Phi) is 6.04. The summed E-state index contributed by atoms with van der Waals surface area (Å²) in [7, 11) is 0. The van der Waals surface area contributed by atoms with Gasteiger partial charge in [-0.05, 0) is 43.7 Å². The summed E-state index contributed by atoms with van der Waals surface area (Å²) in [4.78, 5) is 18.9. The molecule has 1 fully saturated rings. The molecule has 116 valence electrons. The first kappa shape index (κ1) is 16.3. The van der Waals surface area contributed by atoms with E-state index in [1.807, 2.05) is 17.9 Å². The van der Waals surface area contributed by atoms with Crippen molar-refractivity contribution >= 4 is 17.5 Å². The van der Waals surface area contributed by atoms with E-state index in [0.717, 1.165) is 44.0 Å². The maximum atomic E-state index is 12.7. The molecule has 2 rings (SSSR count). The molecule has 1 aromatic rings. The zero-order valence-corrected chi connectivity index (χ0v) is 13.8. The molecule has 2 heterocycles. The van der Waals surface area contributed by atoms with Gasteiger partial charge in [-0.2, -0.15) is 0 Å². The molecule has 1 amide bonds. The van der Waals surface area contributed by atoms with Crippen LogP contribution < -0.4 is 0 Å². The van der Waals surface area contributed by atoms with Crippen LogP contribution in [0.25, 0.3) is 0 Å². The van der Waals surface area contributed by atoms with E-state index in [1.165, 1.54) is 19.3 Å². The van der Waals surface area contributed by atoms with Crippen LogP contribution >= 0.6 is 11.6 Å². The molecule has 1 unspecified atom stereocenters. The molecule has 0 saturated carbocycles. The summed E-state index contributed by atoms with van der Waals surface area (Å²) < 4.78 is 0. The van der Waals surface area contributed by atoms with E-state index in [1.54, 1.807) is 6.07 Å². The van der Waals surface area contributed by atoms with Gasteiger partial charge < -0.3 is 4.90 Å². The number of pyridine rings is 1. The Morgan fingerprint density at radius 2 is 2.14 bits per heavy atom. The fourth-order valence-electron chi connectivity index (χ4n) is 3.10. The van der Waals surface area contributed by atoms with Crippen molar-refractivity contribution < 1.29 is 4.79 Å². The highest BCUT2D eigenvalue weighted by molar-refractivity contribution is 6.29. The molecule has 0 N–H and O–H groups in total. The van der Waals surface area contributed by atoms with Crippen molar-refractivity contribution in [1.29, 1.82) is 0 Å². The van der Waals surface area contributed by atoms with Crippen LogP contribution in [0.1, 0.15) is 62.0 Å². The number of amides is 1. The van der Waals surface area contributed by atoms with Crippen LogP contribution in [0.15, 0.2) is 12.1 Å². The number of carbonyl (C=O) groups excluding carboxylic acids is 1. The average molecular weight is 309 g/mol. The number of aromatic nitrogens is 1. The summed E-state index contributed by atoms with van der Waals surface area (Å²) in [6, 6.07) is 3.57. The van der Waals surface area contributed by atoms with Crippen molar-refractivity contribution in [3.05, 3.63) is 28.5 Å². The average Bonchev–Trinajstić information content (AvgIpc) is 2.72. The largest absolute Gasteiger partial charge is 0.339 e. The maximum Gasteiger partial charge on any atom is 0.254 e. The highest BCUT2D eigenvalue weighted by Crippen LogP contribution is 2.23. The van der Waals surface area contributed by atoms with Crippen molar-refractivity contribution in [2.45, 2.75) is 52.4 Å². The molecule has 0 bridgehead atoms. The standard InChI is InChI=1S/C17H25ClN2O/c1-3-6-13-7-5-9-20(10-8-13)17(21)14-11-15(4-2)19-16(18)12-14/h11-13H,3-10H2,1-2H3. The van der Waals surface area contributed by atoms with Crippen LogP contribution in [-0.2, 0) is 6.42 Å². The molecule has 1 aromatic heterocycles. The molecule has 1 aliphatic rings.